The first-order valence-corrected chi connectivity index (χ1v) is 6.95. The van der Waals surface area contributed by atoms with Gasteiger partial charge in [-0.25, -0.2) is 0 Å². The van der Waals surface area contributed by atoms with E-state index in [4.69, 9.17) is 22.6 Å². The molecule has 0 aromatic rings. The van der Waals surface area contributed by atoms with Crippen LogP contribution < -0.4 is 6.15 Å². The van der Waals surface area contributed by atoms with Crippen LogP contribution in [0.2, 0.25) is 0 Å². The molecule has 0 rings (SSSR count). The number of rotatable bonds is 0. The summed E-state index contributed by atoms with van der Waals surface area (Å²) in [5, 5.41) is 0. The fraction of sp³-hybridized carbons (Fsp3) is 0. The summed E-state index contributed by atoms with van der Waals surface area (Å²) in [6.45, 7) is 0. The molecule has 0 unspecified atom stereocenters. The van der Waals surface area contributed by atoms with Gasteiger partial charge in [0, 0.05) is 0 Å². The molecule has 0 amide bonds. The second kappa shape index (κ2) is 1.28. The molecule has 60 valence electrons. The summed E-state index contributed by atoms with van der Waals surface area (Å²) in [6, 6.07) is 0. The van der Waals surface area contributed by atoms with Gasteiger partial charge in [0.2, 0.25) is 0 Å². The molecular weight excluding hydrogens is 305 g/mol. The molecule has 0 heterocycles. The molecule has 0 aliphatic carbocycles. The predicted molar refractivity (Wildman–Crippen MR) is 18.3 cm³/mol. The Kier molecular flexibility index (Phi) is 1.80. The van der Waals surface area contributed by atoms with Crippen LogP contribution in [0, 0.1) is 0 Å². The van der Waals surface area contributed by atoms with Crippen LogP contribution in [-0.2, 0) is 15.8 Å². The van der Waals surface area contributed by atoms with Gasteiger partial charge < -0.3 is 6.15 Å². The van der Waals surface area contributed by atoms with Crippen molar-refractivity contribution in [3.63, 3.8) is 0 Å². The van der Waals surface area contributed by atoms with E-state index in [1.165, 1.54) is 0 Å². The van der Waals surface area contributed by atoms with Gasteiger partial charge in [-0.05, 0) is 0 Å². The van der Waals surface area contributed by atoms with E-state index < -0.39 is 15.8 Å². The van der Waals surface area contributed by atoms with Gasteiger partial charge in [-0.3, -0.25) is 0 Å². The zero-order valence-electron chi connectivity index (χ0n) is 3.71. The molecule has 0 spiro atoms. The van der Waals surface area contributed by atoms with Gasteiger partial charge >= 0.3 is 38.4 Å². The Morgan fingerprint density at radius 3 is 0.625 bits per heavy atom. The van der Waals surface area contributed by atoms with E-state index in [0.717, 1.165) is 0 Å². The molecule has 8 heavy (non-hydrogen) atoms. The molecule has 0 atom stereocenters. The van der Waals surface area contributed by atoms with Crippen molar-refractivity contribution in [2.24, 2.45) is 0 Å². The van der Waals surface area contributed by atoms with Crippen LogP contribution in [0.15, 0.2) is 0 Å². The van der Waals surface area contributed by atoms with E-state index in [1.54, 1.807) is 0 Å². The summed E-state index contributed by atoms with van der Waals surface area (Å²) in [6.07, 6.45) is 0. The second-order valence-corrected chi connectivity index (χ2v) is 7.77. The topological polar surface area (TPSA) is 156 Å². The van der Waals surface area contributed by atoms with Gasteiger partial charge in [0.25, 0.3) is 0 Å². The van der Waals surface area contributed by atoms with Gasteiger partial charge in [-0.1, -0.05) is 0 Å². The third-order valence-corrected chi connectivity index (χ3v) is 0. The van der Waals surface area contributed by atoms with E-state index in [9.17, 15) is 0 Å². The molecule has 9 N–H and O–H groups in total. The Morgan fingerprint density at radius 1 is 0.625 bits per heavy atom. The zero-order valence-corrected chi connectivity index (χ0v) is 5.98. The van der Waals surface area contributed by atoms with Crippen LogP contribution in [-0.4, -0.2) is 22.6 Å². The van der Waals surface area contributed by atoms with Crippen molar-refractivity contribution in [3.05, 3.63) is 0 Å². The first kappa shape index (κ1) is 11.2. The fourth-order valence-electron chi connectivity index (χ4n) is 0. The van der Waals surface area contributed by atoms with E-state index in [0.29, 0.717) is 0 Å². The quantitative estimate of drug-likeness (QED) is 0.248. The van der Waals surface area contributed by atoms with Crippen molar-refractivity contribution in [1.82, 2.24) is 6.15 Å². The van der Waals surface area contributed by atoms with Crippen LogP contribution in [0.3, 0.4) is 0 Å². The first-order chi connectivity index (χ1) is 2.45. The predicted octanol–water partition coefficient (Wildman–Crippen LogP) is -3.18. The minimum atomic E-state index is -8.12. The Hall–Kier alpha value is 0.408. The van der Waals surface area contributed by atoms with Gasteiger partial charge in [0.1, 0.15) is 0 Å². The summed E-state index contributed by atoms with van der Waals surface area (Å²) in [5.74, 6) is 0. The van der Waals surface area contributed by atoms with Crippen molar-refractivity contribution >= 4 is 0 Å². The van der Waals surface area contributed by atoms with Gasteiger partial charge in [-0.15, -0.1) is 0 Å². The molecule has 0 radical (unpaired) electrons. The summed E-state index contributed by atoms with van der Waals surface area (Å²) in [7, 11) is 0. The molecule has 0 aliphatic heterocycles. The summed E-state index contributed by atoms with van der Waals surface area (Å²) < 4.78 is 44.5. The SMILES string of the molecule is N.[OH][Pt]([OH])([OH])([OH])([OH])[OH]. The molecule has 0 saturated carbocycles. The average molecular weight is 314 g/mol. The minimum absolute atomic E-state index is 0. The van der Waals surface area contributed by atoms with E-state index in [1.807, 2.05) is 0 Å². The molecule has 7 nitrogen and oxygen atoms in total. The summed E-state index contributed by atoms with van der Waals surface area (Å²) in [4.78, 5) is 0. The molecule has 0 saturated heterocycles. The van der Waals surface area contributed by atoms with Crippen molar-refractivity contribution in [3.8, 4) is 0 Å². The number of hydrogen-bond donors (Lipinski definition) is 7. The Labute approximate surface area is 45.3 Å². The molecule has 0 aliphatic rings. The van der Waals surface area contributed by atoms with Crippen LogP contribution >= 0.6 is 0 Å². The van der Waals surface area contributed by atoms with E-state index >= 15 is 0 Å². The molecule has 0 fully saturated rings. The van der Waals surface area contributed by atoms with Gasteiger partial charge in [0.15, 0.2) is 0 Å². The zero-order chi connectivity index (χ0) is 6.41. The van der Waals surface area contributed by atoms with Crippen molar-refractivity contribution < 1.29 is 38.4 Å². The molecule has 0 aromatic carbocycles. The van der Waals surface area contributed by atoms with Crippen LogP contribution in [0.4, 0.5) is 0 Å². The Morgan fingerprint density at radius 2 is 0.625 bits per heavy atom. The van der Waals surface area contributed by atoms with Crippen LogP contribution in [0.5, 0.6) is 0 Å². The van der Waals surface area contributed by atoms with Crippen molar-refractivity contribution in [1.29, 1.82) is 0 Å². The molecule has 0 bridgehead atoms. The van der Waals surface area contributed by atoms with Crippen molar-refractivity contribution in [2.75, 3.05) is 0 Å². The van der Waals surface area contributed by atoms with E-state index in [2.05, 4.69) is 0 Å². The maximum atomic E-state index is 7.41. The summed E-state index contributed by atoms with van der Waals surface area (Å²) >= 11 is -8.12. The van der Waals surface area contributed by atoms with Crippen LogP contribution in [0.25, 0.3) is 0 Å². The summed E-state index contributed by atoms with van der Waals surface area (Å²) in [5.41, 5.74) is 0. The van der Waals surface area contributed by atoms with Crippen LogP contribution in [0.1, 0.15) is 0 Å². The Bertz CT molecular complexity index is 67.1. The molecule has 0 aromatic heterocycles. The maximum absolute atomic E-state index is 8.12. The first-order valence-electron chi connectivity index (χ1n) is 0.849. The third kappa shape index (κ3) is 1120. The molecule has 8 heteroatoms. The fourth-order valence-corrected chi connectivity index (χ4v) is 0. The van der Waals surface area contributed by atoms with Gasteiger partial charge in [0.05, 0.1) is 0 Å². The average Bonchev–Trinajstić information content (AvgIpc) is 0.592. The Balaban J connectivity index is 0. The normalized spacial score (nSPS) is 20.2. The molecular formula is H9NO6Pt. The third-order valence-electron chi connectivity index (χ3n) is 0. The standard InChI is InChI=1S/H3N.6H2O.Pt/h1H3;6*1H2;/q;;;;;;;+6/p-6. The van der Waals surface area contributed by atoms with Crippen molar-refractivity contribution in [2.45, 2.75) is 0 Å². The second-order valence-electron chi connectivity index (χ2n) is 0.949. The number of hydrogen-bond acceptors (Lipinski definition) is 7. The van der Waals surface area contributed by atoms with Gasteiger partial charge in [-0.2, -0.15) is 0 Å². The monoisotopic (exact) mass is 314 g/mol. The van der Waals surface area contributed by atoms with E-state index in [-0.39, 0.29) is 6.15 Å².